The molecule has 0 aliphatic carbocycles. The molecule has 3 aromatic rings. The molecular weight excluding hydrogens is 496 g/mol. The van der Waals surface area contributed by atoms with Crippen LogP contribution in [-0.2, 0) is 10.4 Å². The van der Waals surface area contributed by atoms with Gasteiger partial charge < -0.3 is 25.8 Å². The van der Waals surface area contributed by atoms with Crippen molar-refractivity contribution in [2.24, 2.45) is 0 Å². The number of ether oxygens (including phenoxy) is 1. The predicted octanol–water partition coefficient (Wildman–Crippen LogP) is 3.57. The van der Waals surface area contributed by atoms with Gasteiger partial charge in [0.05, 0.1) is 24.3 Å². The second-order valence-corrected chi connectivity index (χ2v) is 9.46. The molecule has 11 heteroatoms. The van der Waals surface area contributed by atoms with Crippen molar-refractivity contribution in [2.75, 3.05) is 24.1 Å². The van der Waals surface area contributed by atoms with Crippen molar-refractivity contribution < 1.29 is 28.2 Å². The van der Waals surface area contributed by atoms with Crippen molar-refractivity contribution in [2.45, 2.75) is 32.5 Å². The number of nitrogens with zero attached hydrogens (tertiary/aromatic N) is 3. The average molecular weight is 524 g/mol. The molecule has 0 bridgehead atoms. The summed E-state index contributed by atoms with van der Waals surface area (Å²) >= 11 is 0. The first-order valence-electron chi connectivity index (χ1n) is 11.7. The van der Waals surface area contributed by atoms with Gasteiger partial charge in [-0.3, -0.25) is 9.59 Å². The molecule has 4 N–H and O–H groups in total. The molecule has 2 heterocycles. The topological polar surface area (TPSA) is 131 Å². The van der Waals surface area contributed by atoms with E-state index in [0.717, 1.165) is 12.1 Å². The van der Waals surface area contributed by atoms with Crippen LogP contribution in [0.1, 0.15) is 35.3 Å². The summed E-state index contributed by atoms with van der Waals surface area (Å²) < 4.78 is 35.4. The number of aromatic nitrogens is 2. The number of rotatable bonds is 7. The largest absolute Gasteiger partial charge is 0.481 e. The van der Waals surface area contributed by atoms with Gasteiger partial charge in [-0.2, -0.15) is 0 Å². The minimum atomic E-state index is -1.29. The molecule has 1 saturated heterocycles. The highest BCUT2D eigenvalue weighted by Gasteiger charge is 2.33. The van der Waals surface area contributed by atoms with Gasteiger partial charge in [-0.25, -0.2) is 18.7 Å². The Morgan fingerprint density at radius 2 is 1.95 bits per heavy atom. The summed E-state index contributed by atoms with van der Waals surface area (Å²) in [5.74, 6) is -2.41. The third kappa shape index (κ3) is 5.32. The van der Waals surface area contributed by atoms with Gasteiger partial charge in [0.25, 0.3) is 5.91 Å². The molecule has 1 aliphatic rings. The van der Waals surface area contributed by atoms with E-state index in [1.807, 2.05) is 0 Å². The fraction of sp³-hybridized carbons (Fsp3) is 0.259. The highest BCUT2D eigenvalue weighted by Crippen LogP contribution is 2.38. The number of hydrogen-bond acceptors (Lipinski definition) is 7. The fourth-order valence-electron chi connectivity index (χ4n) is 4.01. The molecule has 0 unspecified atom stereocenters. The molecule has 0 spiro atoms. The molecule has 2 amide bonds. The summed E-state index contributed by atoms with van der Waals surface area (Å²) in [5.41, 5.74) is 5.77. The van der Waals surface area contributed by atoms with E-state index in [4.69, 9.17) is 10.5 Å². The van der Waals surface area contributed by atoms with Crippen molar-refractivity contribution in [3.05, 3.63) is 77.6 Å². The number of hydrogen-bond donors (Lipinski definition) is 3. The van der Waals surface area contributed by atoms with E-state index in [1.54, 1.807) is 6.92 Å². The number of carbonyl (C=O) groups excluding carboxylic acids is 2. The molecule has 1 aromatic heterocycles. The zero-order valence-electron chi connectivity index (χ0n) is 21.1. The highest BCUT2D eigenvalue weighted by atomic mass is 19.1. The number of nitrogen functional groups attached to an aromatic ring is 1. The van der Waals surface area contributed by atoms with Crippen LogP contribution >= 0.6 is 0 Å². The first kappa shape index (κ1) is 26.7. The molecule has 9 nitrogen and oxygen atoms in total. The lowest BCUT2D eigenvalue weighted by molar-refractivity contribution is -0.134. The van der Waals surface area contributed by atoms with Gasteiger partial charge in [0.15, 0.2) is 11.6 Å². The first-order chi connectivity index (χ1) is 17.9. The van der Waals surface area contributed by atoms with Crippen molar-refractivity contribution in [3.8, 4) is 17.0 Å². The van der Waals surface area contributed by atoms with Gasteiger partial charge >= 0.3 is 0 Å². The van der Waals surface area contributed by atoms with E-state index in [0.29, 0.717) is 24.2 Å². The molecule has 2 aromatic carbocycles. The summed E-state index contributed by atoms with van der Waals surface area (Å²) in [6, 6.07) is 6.10. The SMILES string of the molecule is C=CC(=O)N1CC(Oc2c(N)ncnc2-c2cc(F)cc(NC(=O)c3ccc(C(C)(C)O)cc3F)c2C)C1. The minimum absolute atomic E-state index is 0.0201. The number of likely N-dealkylation sites (tertiary alicyclic amines) is 1. The Bertz CT molecular complexity index is 1430. The lowest BCUT2D eigenvalue weighted by Gasteiger charge is -2.38. The van der Waals surface area contributed by atoms with Crippen LogP contribution in [0.25, 0.3) is 11.3 Å². The van der Waals surface area contributed by atoms with Gasteiger partial charge in [-0.1, -0.05) is 12.6 Å². The van der Waals surface area contributed by atoms with Crippen LogP contribution in [0.3, 0.4) is 0 Å². The molecule has 198 valence electrons. The third-order valence-corrected chi connectivity index (χ3v) is 6.25. The molecular formula is C27H27F2N5O4. The van der Waals surface area contributed by atoms with Crippen LogP contribution in [0.4, 0.5) is 20.3 Å². The Kier molecular flexibility index (Phi) is 7.14. The van der Waals surface area contributed by atoms with Gasteiger partial charge in [-0.15, -0.1) is 0 Å². The maximum Gasteiger partial charge on any atom is 0.258 e. The Balaban J connectivity index is 1.63. The quantitative estimate of drug-likeness (QED) is 0.404. The normalized spacial score (nSPS) is 13.6. The Morgan fingerprint density at radius 3 is 2.58 bits per heavy atom. The second kappa shape index (κ2) is 10.2. The molecule has 0 saturated carbocycles. The summed E-state index contributed by atoms with van der Waals surface area (Å²) in [5, 5.41) is 12.6. The van der Waals surface area contributed by atoms with E-state index in [9.17, 15) is 23.5 Å². The van der Waals surface area contributed by atoms with E-state index < -0.39 is 23.1 Å². The molecule has 4 rings (SSSR count). The lowest BCUT2D eigenvalue weighted by atomic mass is 9.96. The van der Waals surface area contributed by atoms with Crippen LogP contribution in [0.2, 0.25) is 0 Å². The lowest BCUT2D eigenvalue weighted by Crippen LogP contribution is -2.55. The van der Waals surface area contributed by atoms with Crippen LogP contribution in [0.5, 0.6) is 5.75 Å². The standard InChI is InChI=1S/C27H27F2N5O4/c1-5-22(35)34-11-17(12-34)38-24-23(31-13-32-25(24)30)19-9-16(28)10-21(14(19)2)33-26(36)18-7-6-15(8-20(18)29)27(3,4)37/h5-10,13,17,37H,1,11-12H2,2-4H3,(H,33,36)(H2,30,31,32). The second-order valence-electron chi connectivity index (χ2n) is 9.46. The van der Waals surface area contributed by atoms with Gasteiger partial charge in [-0.05, 0) is 62.2 Å². The highest BCUT2D eigenvalue weighted by molar-refractivity contribution is 6.05. The van der Waals surface area contributed by atoms with Gasteiger partial charge in [0, 0.05) is 11.3 Å². The maximum atomic E-state index is 14.7. The number of carbonyl (C=O) groups is 2. The molecule has 0 radical (unpaired) electrons. The van der Waals surface area contributed by atoms with Crippen molar-refractivity contribution in [1.82, 2.24) is 14.9 Å². The van der Waals surface area contributed by atoms with Crippen LogP contribution in [-0.4, -0.2) is 51.0 Å². The number of nitrogens with one attached hydrogen (secondary N) is 1. The molecule has 1 fully saturated rings. The summed E-state index contributed by atoms with van der Waals surface area (Å²) in [4.78, 5) is 34.4. The first-order valence-corrected chi connectivity index (χ1v) is 11.7. The number of halogens is 2. The summed E-state index contributed by atoms with van der Waals surface area (Å²) in [6.07, 6.45) is 2.03. The van der Waals surface area contributed by atoms with Gasteiger partial charge in [0.2, 0.25) is 5.91 Å². The molecule has 38 heavy (non-hydrogen) atoms. The summed E-state index contributed by atoms with van der Waals surface area (Å²) in [7, 11) is 0. The number of anilines is 2. The van der Waals surface area contributed by atoms with E-state index >= 15 is 0 Å². The molecule has 1 aliphatic heterocycles. The average Bonchev–Trinajstić information content (AvgIpc) is 2.82. The predicted molar refractivity (Wildman–Crippen MR) is 137 cm³/mol. The Labute approximate surface area is 218 Å². The Morgan fingerprint density at radius 1 is 1.24 bits per heavy atom. The fourth-order valence-corrected chi connectivity index (χ4v) is 4.01. The van der Waals surface area contributed by atoms with E-state index in [2.05, 4.69) is 21.9 Å². The van der Waals surface area contributed by atoms with Crippen LogP contribution in [0, 0.1) is 18.6 Å². The van der Waals surface area contributed by atoms with E-state index in [1.165, 1.54) is 49.3 Å². The van der Waals surface area contributed by atoms with E-state index in [-0.39, 0.29) is 46.1 Å². The number of nitrogens with two attached hydrogens (primary N) is 1. The zero-order chi connectivity index (χ0) is 27.8. The van der Waals surface area contributed by atoms with Crippen LogP contribution in [0.15, 0.2) is 49.3 Å². The number of amides is 2. The van der Waals surface area contributed by atoms with Crippen molar-refractivity contribution >= 4 is 23.3 Å². The Hall–Kier alpha value is -4.38. The zero-order valence-corrected chi connectivity index (χ0v) is 21.1. The summed E-state index contributed by atoms with van der Waals surface area (Å²) in [6.45, 7) is 8.70. The number of benzene rings is 2. The van der Waals surface area contributed by atoms with Gasteiger partial charge in [0.1, 0.15) is 29.8 Å². The van der Waals surface area contributed by atoms with Crippen LogP contribution < -0.4 is 15.8 Å². The van der Waals surface area contributed by atoms with Crippen molar-refractivity contribution in [1.29, 1.82) is 0 Å². The monoisotopic (exact) mass is 523 g/mol. The molecule has 0 atom stereocenters. The number of aliphatic hydroxyl groups is 1. The maximum absolute atomic E-state index is 14.7. The smallest absolute Gasteiger partial charge is 0.258 e. The third-order valence-electron chi connectivity index (χ3n) is 6.25. The minimum Gasteiger partial charge on any atom is -0.481 e. The van der Waals surface area contributed by atoms with Crippen molar-refractivity contribution in [3.63, 3.8) is 0 Å².